The number of pyridine rings is 1. The highest BCUT2D eigenvalue weighted by Crippen LogP contribution is 2.33. The van der Waals surface area contributed by atoms with Crippen LogP contribution in [0.25, 0.3) is 0 Å². The Morgan fingerprint density at radius 1 is 1.32 bits per heavy atom. The summed E-state index contributed by atoms with van der Waals surface area (Å²) < 4.78 is 0.231. The van der Waals surface area contributed by atoms with Crippen LogP contribution in [0.15, 0.2) is 23.4 Å². The van der Waals surface area contributed by atoms with E-state index in [1.165, 1.54) is 31.4 Å². The van der Waals surface area contributed by atoms with Crippen LogP contribution >= 0.6 is 11.8 Å². The molecule has 1 atom stereocenters. The lowest BCUT2D eigenvalue weighted by Crippen LogP contribution is -2.33. The summed E-state index contributed by atoms with van der Waals surface area (Å²) in [7, 11) is 0. The van der Waals surface area contributed by atoms with Gasteiger partial charge in [0.1, 0.15) is 0 Å². The summed E-state index contributed by atoms with van der Waals surface area (Å²) in [6.45, 7) is 11.3. The van der Waals surface area contributed by atoms with Gasteiger partial charge in [0.25, 0.3) is 0 Å². The van der Waals surface area contributed by atoms with Crippen molar-refractivity contribution in [1.82, 2.24) is 9.88 Å². The number of aromatic nitrogens is 1. The second-order valence-corrected chi connectivity index (χ2v) is 8.13. The monoisotopic (exact) mass is 278 g/mol. The molecule has 0 saturated carbocycles. The number of thioether (sulfide) groups is 1. The molecular weight excluding hydrogens is 252 g/mol. The molecule has 2 rings (SSSR count). The summed E-state index contributed by atoms with van der Waals surface area (Å²) in [5.74, 6) is 0. The van der Waals surface area contributed by atoms with E-state index < -0.39 is 0 Å². The molecule has 0 N–H and O–H groups in total. The fourth-order valence-electron chi connectivity index (χ4n) is 2.71. The minimum atomic E-state index is 0.231. The summed E-state index contributed by atoms with van der Waals surface area (Å²) in [5, 5.41) is 1.13. The molecule has 1 fully saturated rings. The molecule has 0 aliphatic carbocycles. The van der Waals surface area contributed by atoms with Crippen LogP contribution < -0.4 is 0 Å². The van der Waals surface area contributed by atoms with Crippen molar-refractivity contribution in [2.24, 2.45) is 0 Å². The standard InChI is InChI=1S/C16H26N2S/c1-5-18-11-7-6-8-14(18)13-9-10-15(17-12-13)19-16(2,3)4/h9-10,12,14H,5-8,11H2,1-4H3. The number of rotatable bonds is 3. The molecule has 0 spiro atoms. The molecule has 106 valence electrons. The van der Waals surface area contributed by atoms with E-state index in [0.717, 1.165) is 11.6 Å². The van der Waals surface area contributed by atoms with Crippen molar-refractivity contribution in [1.29, 1.82) is 0 Å². The predicted octanol–water partition coefficient (Wildman–Crippen LogP) is 4.52. The first-order valence-electron chi connectivity index (χ1n) is 7.38. The first-order chi connectivity index (χ1) is 8.99. The quantitative estimate of drug-likeness (QED) is 0.756. The zero-order valence-corrected chi connectivity index (χ0v) is 13.5. The van der Waals surface area contributed by atoms with Crippen LogP contribution in [0.2, 0.25) is 0 Å². The largest absolute Gasteiger partial charge is 0.297 e. The van der Waals surface area contributed by atoms with Gasteiger partial charge in [0.2, 0.25) is 0 Å². The topological polar surface area (TPSA) is 16.1 Å². The number of hydrogen-bond donors (Lipinski definition) is 0. The molecule has 19 heavy (non-hydrogen) atoms. The van der Waals surface area contributed by atoms with Crippen molar-refractivity contribution in [3.8, 4) is 0 Å². The van der Waals surface area contributed by atoms with Crippen LogP contribution in [-0.4, -0.2) is 27.7 Å². The average Bonchev–Trinajstić information content (AvgIpc) is 2.38. The molecule has 0 radical (unpaired) electrons. The minimum absolute atomic E-state index is 0.231. The lowest BCUT2D eigenvalue weighted by Gasteiger charge is -2.35. The third-order valence-electron chi connectivity index (χ3n) is 3.57. The first kappa shape index (κ1) is 14.9. The smallest absolute Gasteiger partial charge is 0.0965 e. The van der Waals surface area contributed by atoms with Gasteiger partial charge < -0.3 is 0 Å². The summed E-state index contributed by atoms with van der Waals surface area (Å²) >= 11 is 1.84. The van der Waals surface area contributed by atoms with Crippen LogP contribution in [0.1, 0.15) is 58.6 Å². The number of nitrogens with zero attached hydrogens (tertiary/aromatic N) is 2. The first-order valence-corrected chi connectivity index (χ1v) is 8.20. The van der Waals surface area contributed by atoms with Crippen LogP contribution in [0, 0.1) is 0 Å². The van der Waals surface area contributed by atoms with Crippen molar-refractivity contribution < 1.29 is 0 Å². The Morgan fingerprint density at radius 3 is 2.68 bits per heavy atom. The Morgan fingerprint density at radius 2 is 2.11 bits per heavy atom. The fourth-order valence-corrected chi connectivity index (χ4v) is 3.58. The maximum atomic E-state index is 4.64. The van der Waals surface area contributed by atoms with Gasteiger partial charge in [-0.3, -0.25) is 4.90 Å². The summed E-state index contributed by atoms with van der Waals surface area (Å²) in [5.41, 5.74) is 1.39. The van der Waals surface area contributed by atoms with Crippen molar-refractivity contribution >= 4 is 11.8 Å². The molecule has 1 aliphatic heterocycles. The molecule has 1 aromatic heterocycles. The van der Waals surface area contributed by atoms with Crippen molar-refractivity contribution in [2.75, 3.05) is 13.1 Å². The molecule has 2 nitrogen and oxygen atoms in total. The predicted molar refractivity (Wildman–Crippen MR) is 83.7 cm³/mol. The third-order valence-corrected chi connectivity index (χ3v) is 4.64. The maximum absolute atomic E-state index is 4.64. The van der Waals surface area contributed by atoms with E-state index in [-0.39, 0.29) is 4.75 Å². The second kappa shape index (κ2) is 6.27. The van der Waals surface area contributed by atoms with E-state index >= 15 is 0 Å². The van der Waals surface area contributed by atoms with Crippen molar-refractivity contribution in [3.63, 3.8) is 0 Å². The molecule has 1 unspecified atom stereocenters. The number of likely N-dealkylation sites (tertiary alicyclic amines) is 1. The molecule has 1 aromatic rings. The van der Waals surface area contributed by atoms with Crippen LogP contribution in [-0.2, 0) is 0 Å². The normalized spacial score (nSPS) is 21.6. The minimum Gasteiger partial charge on any atom is -0.297 e. The van der Waals surface area contributed by atoms with Crippen molar-refractivity contribution in [3.05, 3.63) is 23.9 Å². The Hall–Kier alpha value is -0.540. The van der Waals surface area contributed by atoms with E-state index in [9.17, 15) is 0 Å². The third kappa shape index (κ3) is 4.22. The number of hydrogen-bond acceptors (Lipinski definition) is 3. The second-order valence-electron chi connectivity index (χ2n) is 6.28. The highest BCUT2D eigenvalue weighted by atomic mass is 32.2. The van der Waals surface area contributed by atoms with Crippen LogP contribution in [0.4, 0.5) is 0 Å². The lowest BCUT2D eigenvalue weighted by atomic mass is 9.96. The Balaban J connectivity index is 2.08. The highest BCUT2D eigenvalue weighted by Gasteiger charge is 2.23. The van der Waals surface area contributed by atoms with Gasteiger partial charge in [0.05, 0.1) is 5.03 Å². The molecule has 1 saturated heterocycles. The summed E-state index contributed by atoms with van der Waals surface area (Å²) in [4.78, 5) is 7.22. The Labute approximate surface area is 122 Å². The van der Waals surface area contributed by atoms with Crippen LogP contribution in [0.3, 0.4) is 0 Å². The van der Waals surface area contributed by atoms with E-state index in [0.29, 0.717) is 6.04 Å². The van der Waals surface area contributed by atoms with Gasteiger partial charge in [-0.1, -0.05) is 40.2 Å². The van der Waals surface area contributed by atoms with Gasteiger partial charge in [0, 0.05) is 17.0 Å². The molecule has 2 heterocycles. The SMILES string of the molecule is CCN1CCCCC1c1ccc(SC(C)(C)C)nc1. The highest BCUT2D eigenvalue weighted by molar-refractivity contribution is 8.00. The molecule has 0 bridgehead atoms. The molecule has 0 amide bonds. The molecular formula is C16H26N2S. The maximum Gasteiger partial charge on any atom is 0.0965 e. The molecule has 1 aliphatic rings. The summed E-state index contributed by atoms with van der Waals surface area (Å²) in [6.07, 6.45) is 6.06. The van der Waals surface area contributed by atoms with Gasteiger partial charge in [-0.25, -0.2) is 4.98 Å². The van der Waals surface area contributed by atoms with E-state index in [1.807, 2.05) is 11.8 Å². The summed E-state index contributed by atoms with van der Waals surface area (Å²) in [6, 6.07) is 5.05. The fraction of sp³-hybridized carbons (Fsp3) is 0.688. The zero-order valence-electron chi connectivity index (χ0n) is 12.6. The van der Waals surface area contributed by atoms with Crippen LogP contribution in [0.5, 0.6) is 0 Å². The van der Waals surface area contributed by atoms with Crippen molar-refractivity contribution in [2.45, 2.75) is 62.8 Å². The van der Waals surface area contributed by atoms with Gasteiger partial charge in [-0.2, -0.15) is 0 Å². The molecule has 0 aromatic carbocycles. The molecule has 3 heteroatoms. The van der Waals surface area contributed by atoms with Gasteiger partial charge in [0.15, 0.2) is 0 Å². The van der Waals surface area contributed by atoms with Gasteiger partial charge in [-0.05, 0) is 37.6 Å². The van der Waals surface area contributed by atoms with E-state index in [4.69, 9.17) is 0 Å². The Kier molecular flexibility index (Phi) is 4.91. The van der Waals surface area contributed by atoms with E-state index in [2.05, 4.69) is 55.9 Å². The zero-order chi connectivity index (χ0) is 13.9. The Bertz CT molecular complexity index is 394. The number of piperidine rings is 1. The average molecular weight is 278 g/mol. The van der Waals surface area contributed by atoms with E-state index in [1.54, 1.807) is 0 Å². The van der Waals surface area contributed by atoms with Gasteiger partial charge in [-0.15, -0.1) is 11.8 Å². The lowest BCUT2D eigenvalue weighted by molar-refractivity contribution is 0.157. The van der Waals surface area contributed by atoms with Gasteiger partial charge >= 0.3 is 0 Å².